The quantitative estimate of drug-likeness (QED) is 0.791. The smallest absolute Gasteiger partial charge is 0.383 e. The van der Waals surface area contributed by atoms with E-state index >= 15 is 0 Å². The van der Waals surface area contributed by atoms with Gasteiger partial charge in [-0.1, -0.05) is 23.2 Å². The van der Waals surface area contributed by atoms with Gasteiger partial charge in [0.1, 0.15) is 22.1 Å². The number of carbonyl (C=O) groups excluding carboxylic acids is 1. The number of anilines is 1. The summed E-state index contributed by atoms with van der Waals surface area (Å²) in [6.07, 6.45) is -2.97. The number of primary amides is 1. The first-order valence-electron chi connectivity index (χ1n) is 5.86. The minimum absolute atomic E-state index is 0.0514. The molecule has 0 aliphatic rings. The summed E-state index contributed by atoms with van der Waals surface area (Å²) >= 11 is 12.9. The maximum atomic E-state index is 12.8. The van der Waals surface area contributed by atoms with Gasteiger partial charge in [-0.25, -0.2) is 4.68 Å². The lowest BCUT2D eigenvalue weighted by Crippen LogP contribution is -2.14. The topological polar surface area (TPSA) is 86.9 Å². The molecule has 11 heteroatoms. The number of hydrogen-bond donors (Lipinski definition) is 2. The van der Waals surface area contributed by atoms with Gasteiger partial charge >= 0.3 is 6.18 Å². The second kappa shape index (κ2) is 6.14. The maximum absolute atomic E-state index is 12.8. The van der Waals surface area contributed by atoms with Crippen molar-refractivity contribution in [2.24, 2.45) is 5.73 Å². The van der Waals surface area contributed by atoms with Crippen LogP contribution in [0.2, 0.25) is 10.0 Å². The molecule has 5 nitrogen and oxygen atoms in total. The highest BCUT2D eigenvalue weighted by Gasteiger charge is 2.33. The predicted octanol–water partition coefficient (Wildman–Crippen LogP) is 3.60. The number of nitrogens with two attached hydrogens (primary N) is 2. The highest BCUT2D eigenvalue weighted by Crippen LogP contribution is 2.39. The third kappa shape index (κ3) is 3.22. The molecule has 2 aromatic rings. The summed E-state index contributed by atoms with van der Waals surface area (Å²) in [6, 6.07) is 1.40. The molecule has 0 radical (unpaired) electrons. The summed E-state index contributed by atoms with van der Waals surface area (Å²) in [5.74, 6) is -0.984. The molecule has 124 valence electrons. The van der Waals surface area contributed by atoms with Gasteiger partial charge in [0.2, 0.25) is 0 Å². The van der Waals surface area contributed by atoms with Crippen molar-refractivity contribution in [3.63, 3.8) is 0 Å². The third-order valence-electron chi connectivity index (χ3n) is 2.88. The van der Waals surface area contributed by atoms with Crippen LogP contribution in [0.4, 0.5) is 19.0 Å². The van der Waals surface area contributed by atoms with Crippen LogP contribution in [0.3, 0.4) is 0 Å². The Labute approximate surface area is 142 Å². The van der Waals surface area contributed by atoms with E-state index in [0.29, 0.717) is 12.1 Å². The van der Waals surface area contributed by atoms with Crippen molar-refractivity contribution in [1.82, 2.24) is 9.78 Å². The summed E-state index contributed by atoms with van der Waals surface area (Å²) in [5, 5.41) is 3.61. The zero-order valence-corrected chi connectivity index (χ0v) is 13.7. The molecule has 0 aliphatic carbocycles. The van der Waals surface area contributed by atoms with E-state index < -0.39 is 17.6 Å². The average molecular weight is 385 g/mol. The Morgan fingerprint density at radius 3 is 2.17 bits per heavy atom. The fourth-order valence-electron chi connectivity index (χ4n) is 1.89. The number of aromatic nitrogens is 2. The van der Waals surface area contributed by atoms with E-state index in [1.165, 1.54) is 0 Å². The minimum Gasteiger partial charge on any atom is -0.383 e. The second-order valence-electron chi connectivity index (χ2n) is 4.33. The number of thioether (sulfide) groups is 1. The Morgan fingerprint density at radius 1 is 1.30 bits per heavy atom. The van der Waals surface area contributed by atoms with Gasteiger partial charge in [-0.15, -0.1) is 11.8 Å². The van der Waals surface area contributed by atoms with E-state index in [2.05, 4.69) is 5.10 Å². The third-order valence-corrected chi connectivity index (χ3v) is 4.13. The molecule has 2 rings (SSSR count). The van der Waals surface area contributed by atoms with Gasteiger partial charge in [0, 0.05) is 0 Å². The van der Waals surface area contributed by atoms with Crippen LogP contribution in [0.15, 0.2) is 17.2 Å². The SMILES string of the molecule is CSc1nn(-c2c(Cl)cc(C(F)(F)F)cc2Cl)c(N)c1C(N)=O. The van der Waals surface area contributed by atoms with Crippen LogP contribution in [0.1, 0.15) is 15.9 Å². The number of alkyl halides is 3. The molecular formula is C12H9Cl2F3N4OS. The van der Waals surface area contributed by atoms with Gasteiger partial charge in [-0.05, 0) is 18.4 Å². The average Bonchev–Trinajstić information content (AvgIpc) is 2.74. The summed E-state index contributed by atoms with van der Waals surface area (Å²) < 4.78 is 39.3. The molecule has 23 heavy (non-hydrogen) atoms. The summed E-state index contributed by atoms with van der Waals surface area (Å²) in [6.45, 7) is 0. The number of nitrogens with zero attached hydrogens (tertiary/aromatic N) is 2. The standard InChI is InChI=1S/C12H9Cl2F3N4OS/c1-23-11-7(10(19)22)9(18)21(20-11)8-5(13)2-4(3-6(8)14)12(15,16)17/h2-3H,18H2,1H3,(H2,19,22). The van der Waals surface area contributed by atoms with E-state index in [9.17, 15) is 18.0 Å². The first kappa shape index (κ1) is 17.8. The summed E-state index contributed by atoms with van der Waals surface area (Å²) in [5.41, 5.74) is 9.93. The molecule has 1 aromatic carbocycles. The molecule has 0 saturated heterocycles. The first-order chi connectivity index (χ1) is 10.6. The van der Waals surface area contributed by atoms with Crippen molar-refractivity contribution in [3.8, 4) is 5.69 Å². The Balaban J connectivity index is 2.71. The van der Waals surface area contributed by atoms with Gasteiger partial charge < -0.3 is 11.5 Å². The number of halogens is 5. The predicted molar refractivity (Wildman–Crippen MR) is 83.3 cm³/mol. The van der Waals surface area contributed by atoms with Crippen molar-refractivity contribution >= 4 is 46.7 Å². The summed E-state index contributed by atoms with van der Waals surface area (Å²) in [4.78, 5) is 11.5. The van der Waals surface area contributed by atoms with E-state index in [1.54, 1.807) is 6.26 Å². The second-order valence-corrected chi connectivity index (χ2v) is 5.94. The zero-order chi connectivity index (χ0) is 17.5. The molecular weight excluding hydrogens is 376 g/mol. The molecule has 1 aromatic heterocycles. The Hall–Kier alpha value is -1.58. The van der Waals surface area contributed by atoms with Crippen molar-refractivity contribution < 1.29 is 18.0 Å². The Morgan fingerprint density at radius 2 is 1.83 bits per heavy atom. The molecule has 1 heterocycles. The summed E-state index contributed by atoms with van der Waals surface area (Å²) in [7, 11) is 0. The van der Waals surface area contributed by atoms with E-state index in [-0.39, 0.29) is 32.1 Å². The Kier molecular flexibility index (Phi) is 4.74. The molecule has 0 fully saturated rings. The number of carbonyl (C=O) groups is 1. The van der Waals surface area contributed by atoms with Crippen molar-refractivity contribution in [3.05, 3.63) is 33.3 Å². The van der Waals surface area contributed by atoms with Crippen LogP contribution in [0, 0.1) is 0 Å². The first-order valence-corrected chi connectivity index (χ1v) is 7.84. The minimum atomic E-state index is -4.61. The fourth-order valence-corrected chi connectivity index (χ4v) is 3.11. The number of rotatable bonds is 3. The van der Waals surface area contributed by atoms with E-state index in [0.717, 1.165) is 16.4 Å². The lowest BCUT2D eigenvalue weighted by Gasteiger charge is -2.13. The monoisotopic (exact) mass is 384 g/mol. The van der Waals surface area contributed by atoms with Crippen LogP contribution < -0.4 is 11.5 Å². The van der Waals surface area contributed by atoms with Gasteiger partial charge in [-0.3, -0.25) is 4.79 Å². The molecule has 0 atom stereocenters. The van der Waals surface area contributed by atoms with Crippen LogP contribution >= 0.6 is 35.0 Å². The Bertz CT molecular complexity index is 768. The number of nitrogen functional groups attached to an aromatic ring is 1. The molecule has 0 spiro atoms. The molecule has 1 amide bonds. The van der Waals surface area contributed by atoms with Crippen LogP contribution in [-0.2, 0) is 6.18 Å². The highest BCUT2D eigenvalue weighted by molar-refractivity contribution is 7.98. The zero-order valence-electron chi connectivity index (χ0n) is 11.4. The fraction of sp³-hybridized carbons (Fsp3) is 0.167. The lowest BCUT2D eigenvalue weighted by atomic mass is 10.2. The molecule has 4 N–H and O–H groups in total. The van der Waals surface area contributed by atoms with Crippen molar-refractivity contribution in [2.45, 2.75) is 11.2 Å². The van der Waals surface area contributed by atoms with E-state index in [4.69, 9.17) is 34.7 Å². The largest absolute Gasteiger partial charge is 0.416 e. The number of hydrogen-bond acceptors (Lipinski definition) is 4. The normalized spacial score (nSPS) is 11.7. The van der Waals surface area contributed by atoms with E-state index in [1.807, 2.05) is 0 Å². The number of amides is 1. The van der Waals surface area contributed by atoms with Crippen molar-refractivity contribution in [2.75, 3.05) is 12.0 Å². The van der Waals surface area contributed by atoms with Gasteiger partial charge in [0.25, 0.3) is 5.91 Å². The van der Waals surface area contributed by atoms with Crippen LogP contribution in [-0.4, -0.2) is 21.9 Å². The molecule has 0 saturated carbocycles. The molecule has 0 bridgehead atoms. The van der Waals surface area contributed by atoms with Gasteiger partial charge in [0.15, 0.2) is 0 Å². The maximum Gasteiger partial charge on any atom is 0.416 e. The number of benzene rings is 1. The van der Waals surface area contributed by atoms with Crippen LogP contribution in [0.25, 0.3) is 5.69 Å². The van der Waals surface area contributed by atoms with Gasteiger partial charge in [-0.2, -0.15) is 18.3 Å². The van der Waals surface area contributed by atoms with Crippen LogP contribution in [0.5, 0.6) is 0 Å². The molecule has 0 aliphatic heterocycles. The van der Waals surface area contributed by atoms with Gasteiger partial charge in [0.05, 0.1) is 15.6 Å². The van der Waals surface area contributed by atoms with Crippen molar-refractivity contribution in [1.29, 1.82) is 0 Å². The molecule has 0 unspecified atom stereocenters. The highest BCUT2D eigenvalue weighted by atomic mass is 35.5. The lowest BCUT2D eigenvalue weighted by molar-refractivity contribution is -0.137.